The summed E-state index contributed by atoms with van der Waals surface area (Å²) in [5.41, 5.74) is 3.71. The maximum Gasteiger partial charge on any atom is 0.230 e. The molecule has 0 bridgehead atoms. The minimum Gasteiger partial charge on any atom is -0.326 e. The normalized spacial score (nSPS) is 13.2. The molecule has 0 spiro atoms. The van der Waals surface area contributed by atoms with Crippen molar-refractivity contribution >= 4 is 45.9 Å². The van der Waals surface area contributed by atoms with Gasteiger partial charge >= 0.3 is 0 Å². The molecular formula is C21H16FN3O2S. The van der Waals surface area contributed by atoms with Gasteiger partial charge in [0.1, 0.15) is 5.82 Å². The minimum atomic E-state index is -0.406. The van der Waals surface area contributed by atoms with E-state index in [0.29, 0.717) is 22.6 Å². The first kappa shape index (κ1) is 18.1. The molecule has 3 aromatic rings. The summed E-state index contributed by atoms with van der Waals surface area (Å²) in [6, 6.07) is 13.3. The first-order valence-electron chi connectivity index (χ1n) is 8.66. The monoisotopic (exact) mass is 393 g/mol. The number of anilines is 2. The molecule has 0 radical (unpaired) electrons. The highest BCUT2D eigenvalue weighted by atomic mass is 32.1. The number of hydrogen-bond acceptors (Lipinski definition) is 4. The van der Waals surface area contributed by atoms with Gasteiger partial charge in [0, 0.05) is 16.4 Å². The van der Waals surface area contributed by atoms with Gasteiger partial charge in [-0.3, -0.25) is 9.59 Å². The summed E-state index contributed by atoms with van der Waals surface area (Å²) in [6.07, 6.45) is 0.0878. The molecule has 1 aromatic heterocycles. The van der Waals surface area contributed by atoms with Crippen LogP contribution in [0.25, 0.3) is 0 Å². The van der Waals surface area contributed by atoms with Gasteiger partial charge in [0.2, 0.25) is 11.8 Å². The van der Waals surface area contributed by atoms with E-state index in [-0.39, 0.29) is 24.7 Å². The number of aliphatic imine (C=N–C) groups is 1. The molecule has 0 fully saturated rings. The summed E-state index contributed by atoms with van der Waals surface area (Å²) in [5, 5.41) is 9.33. The average molecular weight is 393 g/mol. The van der Waals surface area contributed by atoms with Crippen LogP contribution in [0.3, 0.4) is 0 Å². The molecule has 5 nitrogen and oxygen atoms in total. The van der Waals surface area contributed by atoms with Gasteiger partial charge in [0.15, 0.2) is 0 Å². The molecular weight excluding hydrogens is 377 g/mol. The molecule has 140 valence electrons. The smallest absolute Gasteiger partial charge is 0.230 e. The van der Waals surface area contributed by atoms with E-state index in [1.54, 1.807) is 36.4 Å². The molecule has 1 aliphatic heterocycles. The summed E-state index contributed by atoms with van der Waals surface area (Å²) in [5.74, 6) is -0.857. The number of thiophene rings is 1. The molecule has 2 aromatic carbocycles. The Balaban J connectivity index is 1.54. The number of nitrogens with one attached hydrogen (secondary N) is 2. The summed E-state index contributed by atoms with van der Waals surface area (Å²) >= 11 is 1.47. The van der Waals surface area contributed by atoms with Crippen LogP contribution >= 0.6 is 11.3 Å². The second-order valence-electron chi connectivity index (χ2n) is 6.35. The van der Waals surface area contributed by atoms with Crippen molar-refractivity contribution in [3.63, 3.8) is 0 Å². The molecule has 0 aliphatic carbocycles. The van der Waals surface area contributed by atoms with Crippen LogP contribution < -0.4 is 10.6 Å². The topological polar surface area (TPSA) is 70.6 Å². The van der Waals surface area contributed by atoms with Crippen LogP contribution in [0, 0.1) is 5.82 Å². The van der Waals surface area contributed by atoms with E-state index >= 15 is 0 Å². The van der Waals surface area contributed by atoms with Crippen LogP contribution in [-0.4, -0.2) is 17.5 Å². The van der Waals surface area contributed by atoms with Gasteiger partial charge in [0.25, 0.3) is 0 Å². The zero-order valence-electron chi connectivity index (χ0n) is 14.7. The van der Waals surface area contributed by atoms with Crippen molar-refractivity contribution in [2.45, 2.75) is 12.8 Å². The molecule has 4 rings (SSSR count). The number of amides is 2. The Morgan fingerprint density at radius 1 is 1.18 bits per heavy atom. The van der Waals surface area contributed by atoms with E-state index in [2.05, 4.69) is 15.6 Å². The number of halogens is 1. The molecule has 2 heterocycles. The van der Waals surface area contributed by atoms with E-state index in [0.717, 1.165) is 11.3 Å². The largest absolute Gasteiger partial charge is 0.326 e. The lowest BCUT2D eigenvalue weighted by molar-refractivity contribution is -0.116. The summed E-state index contributed by atoms with van der Waals surface area (Å²) in [4.78, 5) is 29.0. The zero-order chi connectivity index (χ0) is 19.5. The first-order valence-corrected chi connectivity index (χ1v) is 9.60. The van der Waals surface area contributed by atoms with Gasteiger partial charge in [0.05, 0.1) is 29.9 Å². The summed E-state index contributed by atoms with van der Waals surface area (Å²) < 4.78 is 13.7. The lowest BCUT2D eigenvalue weighted by atomic mass is 10.1. The Morgan fingerprint density at radius 2 is 2.04 bits per heavy atom. The molecule has 7 heteroatoms. The number of hydrogen-bond donors (Lipinski definition) is 2. The fraction of sp³-hybridized carbons (Fsp3) is 0.0952. The van der Waals surface area contributed by atoms with Crippen LogP contribution in [0.4, 0.5) is 21.5 Å². The second kappa shape index (κ2) is 7.74. The fourth-order valence-electron chi connectivity index (χ4n) is 2.96. The van der Waals surface area contributed by atoms with Crippen molar-refractivity contribution in [2.24, 2.45) is 4.99 Å². The van der Waals surface area contributed by atoms with Gasteiger partial charge < -0.3 is 10.6 Å². The van der Waals surface area contributed by atoms with E-state index in [1.165, 1.54) is 17.4 Å². The number of carbonyl (C=O) groups excluding carboxylic acids is 2. The van der Waals surface area contributed by atoms with Crippen LogP contribution in [-0.2, 0) is 16.0 Å². The van der Waals surface area contributed by atoms with Crippen LogP contribution in [0.1, 0.15) is 17.5 Å². The van der Waals surface area contributed by atoms with Crippen LogP contribution in [0.5, 0.6) is 0 Å². The lowest BCUT2D eigenvalue weighted by Gasteiger charge is -2.09. The third-order valence-corrected chi connectivity index (χ3v) is 5.02. The molecule has 2 N–H and O–H groups in total. The van der Waals surface area contributed by atoms with Gasteiger partial charge in [-0.15, -0.1) is 11.3 Å². The third kappa shape index (κ3) is 3.99. The maximum atomic E-state index is 13.7. The average Bonchev–Trinajstić information content (AvgIpc) is 3.03. The molecule has 2 amide bonds. The Hall–Kier alpha value is -3.32. The molecule has 1 aliphatic rings. The Bertz CT molecular complexity index is 1090. The first-order chi connectivity index (χ1) is 13.6. The predicted octanol–water partition coefficient (Wildman–Crippen LogP) is 4.53. The number of nitrogens with zero attached hydrogens (tertiary/aromatic N) is 1. The van der Waals surface area contributed by atoms with Crippen molar-refractivity contribution in [2.75, 3.05) is 10.6 Å². The van der Waals surface area contributed by atoms with Crippen LogP contribution in [0.15, 0.2) is 64.3 Å². The highest BCUT2D eigenvalue weighted by Crippen LogP contribution is 2.32. The Morgan fingerprint density at radius 3 is 2.89 bits per heavy atom. The lowest BCUT2D eigenvalue weighted by Crippen LogP contribution is -2.17. The van der Waals surface area contributed by atoms with Crippen molar-refractivity contribution in [3.05, 3.63) is 76.2 Å². The fourth-order valence-corrected chi connectivity index (χ4v) is 3.66. The predicted molar refractivity (Wildman–Crippen MR) is 109 cm³/mol. The van der Waals surface area contributed by atoms with Crippen LogP contribution in [0.2, 0.25) is 0 Å². The van der Waals surface area contributed by atoms with E-state index in [4.69, 9.17) is 0 Å². The highest BCUT2D eigenvalue weighted by Gasteiger charge is 2.18. The van der Waals surface area contributed by atoms with E-state index in [9.17, 15) is 14.0 Å². The highest BCUT2D eigenvalue weighted by molar-refractivity contribution is 7.09. The second-order valence-corrected chi connectivity index (χ2v) is 7.09. The molecule has 0 saturated heterocycles. The molecule has 0 saturated carbocycles. The number of rotatable bonds is 4. The number of carbonyl (C=O) groups is 2. The number of fused-ring (bicyclic) bond motifs is 1. The van der Waals surface area contributed by atoms with E-state index < -0.39 is 5.82 Å². The molecule has 0 atom stereocenters. The minimum absolute atomic E-state index is 0.0570. The van der Waals surface area contributed by atoms with Gasteiger partial charge in [-0.05, 0) is 29.3 Å². The van der Waals surface area contributed by atoms with Crippen molar-refractivity contribution < 1.29 is 14.0 Å². The quantitative estimate of drug-likeness (QED) is 0.684. The van der Waals surface area contributed by atoms with E-state index in [1.807, 2.05) is 16.8 Å². The summed E-state index contributed by atoms with van der Waals surface area (Å²) in [6.45, 7) is 0. The van der Waals surface area contributed by atoms with Crippen molar-refractivity contribution in [3.8, 4) is 0 Å². The standard InChI is InChI=1S/C21H16FN3O2S/c22-16-7-2-1-4-13(16)9-20(26)23-15-6-3-5-14(8-15)17-10-21(27)25-19-12-28-11-18(19)24-17/h1-8,11-12H,9-10H2,(H,23,26)(H,25,27). The SMILES string of the molecule is O=C(Cc1ccccc1F)Nc1cccc(C2=Nc3cscc3NC(=O)C2)c1. The van der Waals surface area contributed by atoms with Gasteiger partial charge in [-0.2, -0.15) is 0 Å². The van der Waals surface area contributed by atoms with Gasteiger partial charge in [-0.25, -0.2) is 9.38 Å². The van der Waals surface area contributed by atoms with Crippen molar-refractivity contribution in [1.29, 1.82) is 0 Å². The number of benzene rings is 2. The maximum absolute atomic E-state index is 13.7. The Kier molecular flexibility index (Phi) is 4.99. The third-order valence-electron chi connectivity index (χ3n) is 4.29. The molecule has 0 unspecified atom stereocenters. The van der Waals surface area contributed by atoms with Gasteiger partial charge in [-0.1, -0.05) is 30.3 Å². The summed E-state index contributed by atoms with van der Waals surface area (Å²) in [7, 11) is 0. The molecule has 28 heavy (non-hydrogen) atoms. The van der Waals surface area contributed by atoms with Crippen molar-refractivity contribution in [1.82, 2.24) is 0 Å². The zero-order valence-corrected chi connectivity index (χ0v) is 15.6. The Labute approximate surface area is 164 Å².